The predicted octanol–water partition coefficient (Wildman–Crippen LogP) is 18.0. The standard InChI is InChI=1S/C64H45N3O2/c65-52-14-9-17-58(43-52)67(57-36-28-48(29-37-57)61-38-39-63(68-61)51-21-20-44-10-4-5-12-50(44)42-51)56-32-24-46(25-33-56)45-22-30-54(31-23-45)66(53-15-2-1-3-16-53)55-34-26-49(27-35-55)62-40-41-64(69-62)60-19-8-13-47-11-6-7-18-59(47)60/h1-43H,65H2. The fourth-order valence-electron chi connectivity index (χ4n) is 9.36. The van der Waals surface area contributed by atoms with Gasteiger partial charge in [-0.1, -0.05) is 127 Å². The number of nitrogens with zero attached hydrogens (tertiary/aromatic N) is 2. The van der Waals surface area contributed by atoms with E-state index in [-0.39, 0.29) is 0 Å². The molecule has 12 rings (SSSR count). The average Bonchev–Trinajstić information content (AvgIpc) is 4.12. The van der Waals surface area contributed by atoms with Gasteiger partial charge in [-0.3, -0.25) is 0 Å². The molecule has 12 aromatic rings. The maximum absolute atomic E-state index is 6.47. The molecule has 0 saturated carbocycles. The summed E-state index contributed by atoms with van der Waals surface area (Å²) < 4.78 is 12.9. The van der Waals surface area contributed by atoms with Gasteiger partial charge in [-0.05, 0) is 166 Å². The molecule has 0 aliphatic heterocycles. The molecule has 10 aromatic carbocycles. The third-order valence-electron chi connectivity index (χ3n) is 12.8. The van der Waals surface area contributed by atoms with Crippen LogP contribution in [0.3, 0.4) is 0 Å². The van der Waals surface area contributed by atoms with Gasteiger partial charge in [0.05, 0.1) is 0 Å². The van der Waals surface area contributed by atoms with Crippen LogP contribution in [0.1, 0.15) is 0 Å². The lowest BCUT2D eigenvalue weighted by molar-refractivity contribution is 0.597. The molecule has 0 amide bonds. The van der Waals surface area contributed by atoms with E-state index in [0.717, 1.165) is 90.5 Å². The van der Waals surface area contributed by atoms with Gasteiger partial charge in [-0.25, -0.2) is 0 Å². The van der Waals surface area contributed by atoms with E-state index in [1.165, 1.54) is 21.5 Å². The Kier molecular flexibility index (Phi) is 10.6. The lowest BCUT2D eigenvalue weighted by Gasteiger charge is -2.26. The summed E-state index contributed by atoms with van der Waals surface area (Å²) in [7, 11) is 0. The highest BCUT2D eigenvalue weighted by Crippen LogP contribution is 2.41. The van der Waals surface area contributed by atoms with Crippen molar-refractivity contribution >= 4 is 61.4 Å². The lowest BCUT2D eigenvalue weighted by atomic mass is 10.0. The summed E-state index contributed by atoms with van der Waals surface area (Å²) in [6.07, 6.45) is 0. The van der Waals surface area contributed by atoms with Crippen LogP contribution in [0.5, 0.6) is 0 Å². The molecule has 5 nitrogen and oxygen atoms in total. The summed E-state index contributed by atoms with van der Waals surface area (Å²) >= 11 is 0. The van der Waals surface area contributed by atoms with Gasteiger partial charge in [0.25, 0.3) is 0 Å². The Morgan fingerprint density at radius 2 is 0.681 bits per heavy atom. The lowest BCUT2D eigenvalue weighted by Crippen LogP contribution is -2.10. The Balaban J connectivity index is 0.795. The zero-order chi connectivity index (χ0) is 46.1. The average molecular weight is 888 g/mol. The summed E-state index contributed by atoms with van der Waals surface area (Å²) in [6, 6.07) is 90.9. The third-order valence-corrected chi connectivity index (χ3v) is 12.8. The molecular weight excluding hydrogens is 843 g/mol. The molecule has 0 atom stereocenters. The van der Waals surface area contributed by atoms with E-state index in [4.69, 9.17) is 14.6 Å². The first-order valence-electron chi connectivity index (χ1n) is 23.2. The van der Waals surface area contributed by atoms with Crippen molar-refractivity contribution in [3.8, 4) is 56.4 Å². The van der Waals surface area contributed by atoms with Crippen LogP contribution in [0.2, 0.25) is 0 Å². The van der Waals surface area contributed by atoms with Gasteiger partial charge in [0, 0.05) is 62.1 Å². The predicted molar refractivity (Wildman–Crippen MR) is 287 cm³/mol. The second-order valence-electron chi connectivity index (χ2n) is 17.2. The van der Waals surface area contributed by atoms with Crippen molar-refractivity contribution in [3.05, 3.63) is 261 Å². The number of anilines is 7. The second kappa shape index (κ2) is 17.8. The van der Waals surface area contributed by atoms with E-state index in [2.05, 4.69) is 234 Å². The van der Waals surface area contributed by atoms with Crippen LogP contribution in [-0.4, -0.2) is 0 Å². The van der Waals surface area contributed by atoms with E-state index < -0.39 is 0 Å². The van der Waals surface area contributed by atoms with Gasteiger partial charge in [0.15, 0.2) is 0 Å². The highest BCUT2D eigenvalue weighted by atomic mass is 16.3. The van der Waals surface area contributed by atoms with Crippen LogP contribution in [0.15, 0.2) is 270 Å². The van der Waals surface area contributed by atoms with Crippen molar-refractivity contribution in [2.75, 3.05) is 15.5 Å². The van der Waals surface area contributed by atoms with Crippen LogP contribution in [0.25, 0.3) is 78.0 Å². The molecule has 328 valence electrons. The topological polar surface area (TPSA) is 58.8 Å². The fraction of sp³-hybridized carbons (Fsp3) is 0. The molecule has 0 aliphatic rings. The van der Waals surface area contributed by atoms with Crippen LogP contribution >= 0.6 is 0 Å². The van der Waals surface area contributed by atoms with E-state index in [1.54, 1.807) is 0 Å². The number of fused-ring (bicyclic) bond motifs is 2. The molecule has 2 heterocycles. The van der Waals surface area contributed by atoms with Gasteiger partial charge in [-0.15, -0.1) is 0 Å². The highest BCUT2D eigenvalue weighted by Gasteiger charge is 2.17. The maximum atomic E-state index is 6.47. The molecular formula is C64H45N3O2. The first kappa shape index (κ1) is 41.1. The van der Waals surface area contributed by atoms with Crippen molar-refractivity contribution in [3.63, 3.8) is 0 Å². The Morgan fingerprint density at radius 3 is 1.29 bits per heavy atom. The largest absolute Gasteiger partial charge is 0.456 e. The van der Waals surface area contributed by atoms with Crippen LogP contribution < -0.4 is 15.5 Å². The minimum absolute atomic E-state index is 0.701. The molecule has 0 bridgehead atoms. The quantitative estimate of drug-likeness (QED) is 0.131. The number of hydrogen-bond acceptors (Lipinski definition) is 5. The Labute approximate surface area is 401 Å². The van der Waals surface area contributed by atoms with E-state index in [9.17, 15) is 0 Å². The summed E-state index contributed by atoms with van der Waals surface area (Å²) in [5, 5.41) is 4.77. The van der Waals surface area contributed by atoms with Crippen molar-refractivity contribution in [1.29, 1.82) is 0 Å². The fourth-order valence-corrected chi connectivity index (χ4v) is 9.36. The molecule has 0 radical (unpaired) electrons. The van der Waals surface area contributed by atoms with Gasteiger partial charge in [0.1, 0.15) is 23.0 Å². The van der Waals surface area contributed by atoms with Crippen LogP contribution in [0, 0.1) is 0 Å². The molecule has 69 heavy (non-hydrogen) atoms. The molecule has 2 aromatic heterocycles. The number of hydrogen-bond donors (Lipinski definition) is 1. The molecule has 0 fully saturated rings. The maximum Gasteiger partial charge on any atom is 0.135 e. The van der Waals surface area contributed by atoms with Gasteiger partial charge >= 0.3 is 0 Å². The number of rotatable bonds is 11. The molecule has 0 saturated heterocycles. The van der Waals surface area contributed by atoms with E-state index in [1.807, 2.05) is 36.4 Å². The van der Waals surface area contributed by atoms with Crippen molar-refractivity contribution < 1.29 is 8.83 Å². The van der Waals surface area contributed by atoms with Crippen molar-refractivity contribution in [1.82, 2.24) is 0 Å². The van der Waals surface area contributed by atoms with Crippen molar-refractivity contribution in [2.45, 2.75) is 0 Å². The number of nitrogen functional groups attached to an aromatic ring is 1. The normalized spacial score (nSPS) is 11.2. The number of para-hydroxylation sites is 1. The van der Waals surface area contributed by atoms with Gasteiger partial charge in [0.2, 0.25) is 0 Å². The minimum Gasteiger partial charge on any atom is -0.456 e. The first-order chi connectivity index (χ1) is 34.1. The Morgan fingerprint density at radius 1 is 0.261 bits per heavy atom. The number of furan rings is 2. The summed E-state index contributed by atoms with van der Waals surface area (Å²) in [6.45, 7) is 0. The summed E-state index contributed by atoms with van der Waals surface area (Å²) in [5.74, 6) is 3.34. The second-order valence-corrected chi connectivity index (χ2v) is 17.2. The van der Waals surface area contributed by atoms with Crippen LogP contribution in [-0.2, 0) is 0 Å². The van der Waals surface area contributed by atoms with Crippen molar-refractivity contribution in [2.24, 2.45) is 0 Å². The Bertz CT molecular complexity index is 3720. The number of nitrogens with two attached hydrogens (primary N) is 1. The summed E-state index contributed by atoms with van der Waals surface area (Å²) in [5.41, 5.74) is 19.6. The zero-order valence-corrected chi connectivity index (χ0v) is 37.6. The van der Waals surface area contributed by atoms with Gasteiger partial charge < -0.3 is 24.4 Å². The molecule has 0 spiro atoms. The third kappa shape index (κ3) is 8.19. The SMILES string of the molecule is Nc1cccc(N(c2ccc(-c3ccc(N(c4ccccc4)c4ccc(-c5ccc(-c6cccc7ccccc67)o5)cc4)cc3)cc2)c2ccc(-c3ccc(-c4ccc5ccccc5c4)o3)cc2)c1. The smallest absolute Gasteiger partial charge is 0.135 e. The number of benzene rings is 10. The first-order valence-corrected chi connectivity index (χ1v) is 23.2. The summed E-state index contributed by atoms with van der Waals surface area (Å²) in [4.78, 5) is 4.51. The molecule has 5 heteroatoms. The highest BCUT2D eigenvalue weighted by molar-refractivity contribution is 5.96. The zero-order valence-electron chi connectivity index (χ0n) is 37.6. The Hall–Kier alpha value is -9.32. The molecule has 0 unspecified atom stereocenters. The monoisotopic (exact) mass is 887 g/mol. The minimum atomic E-state index is 0.701. The van der Waals surface area contributed by atoms with E-state index in [0.29, 0.717) is 5.69 Å². The van der Waals surface area contributed by atoms with E-state index >= 15 is 0 Å². The molecule has 2 N–H and O–H groups in total. The van der Waals surface area contributed by atoms with Gasteiger partial charge in [-0.2, -0.15) is 0 Å². The molecule has 0 aliphatic carbocycles. The van der Waals surface area contributed by atoms with Crippen LogP contribution in [0.4, 0.5) is 39.8 Å².